The van der Waals surface area contributed by atoms with Gasteiger partial charge in [-0.1, -0.05) is 41.9 Å². The van der Waals surface area contributed by atoms with Crippen LogP contribution in [0.3, 0.4) is 0 Å². The molecule has 0 heterocycles. The number of aromatic hydroxyl groups is 1. The van der Waals surface area contributed by atoms with Crippen LogP contribution in [0.25, 0.3) is 22.3 Å². The SMILES string of the molecule is Oc1cc(-c2ccccc2)cc(Br)c1-c1ccc(Cl)cc1F. The topological polar surface area (TPSA) is 20.2 Å². The van der Waals surface area contributed by atoms with Crippen molar-refractivity contribution >= 4 is 27.5 Å². The van der Waals surface area contributed by atoms with E-state index < -0.39 is 5.82 Å². The summed E-state index contributed by atoms with van der Waals surface area (Å²) >= 11 is 9.20. The first kappa shape index (κ1) is 15.1. The van der Waals surface area contributed by atoms with E-state index >= 15 is 0 Å². The molecule has 3 aromatic carbocycles. The van der Waals surface area contributed by atoms with Crippen molar-refractivity contribution < 1.29 is 9.50 Å². The van der Waals surface area contributed by atoms with Crippen LogP contribution in [0, 0.1) is 5.82 Å². The summed E-state index contributed by atoms with van der Waals surface area (Å²) in [6.07, 6.45) is 0. The second-order valence-electron chi connectivity index (χ2n) is 4.84. The molecule has 0 saturated heterocycles. The van der Waals surface area contributed by atoms with Crippen molar-refractivity contribution in [1.82, 2.24) is 0 Å². The van der Waals surface area contributed by atoms with E-state index in [1.165, 1.54) is 6.07 Å². The van der Waals surface area contributed by atoms with Gasteiger partial charge in [0.1, 0.15) is 11.6 Å². The molecule has 1 N–H and O–H groups in total. The first-order valence-electron chi connectivity index (χ1n) is 6.59. The lowest BCUT2D eigenvalue weighted by molar-refractivity contribution is 0.476. The van der Waals surface area contributed by atoms with Crippen molar-refractivity contribution in [1.29, 1.82) is 0 Å². The van der Waals surface area contributed by atoms with Gasteiger partial charge in [0.05, 0.1) is 0 Å². The number of phenolic OH excluding ortho intramolecular Hbond substituents is 1. The molecule has 0 spiro atoms. The molecule has 3 rings (SSSR count). The Hall–Kier alpha value is -1.84. The third-order valence-electron chi connectivity index (χ3n) is 3.38. The van der Waals surface area contributed by atoms with Crippen LogP contribution in [-0.4, -0.2) is 5.11 Å². The zero-order chi connectivity index (χ0) is 15.7. The third kappa shape index (κ3) is 2.87. The van der Waals surface area contributed by atoms with Gasteiger partial charge in [0.2, 0.25) is 0 Å². The largest absolute Gasteiger partial charge is 0.507 e. The average molecular weight is 378 g/mol. The number of benzene rings is 3. The van der Waals surface area contributed by atoms with Crippen molar-refractivity contribution in [2.45, 2.75) is 0 Å². The fraction of sp³-hybridized carbons (Fsp3) is 0. The lowest BCUT2D eigenvalue weighted by Gasteiger charge is -2.12. The minimum absolute atomic E-state index is 0.00875. The van der Waals surface area contributed by atoms with Crippen LogP contribution in [0.1, 0.15) is 0 Å². The molecule has 0 aliphatic carbocycles. The van der Waals surface area contributed by atoms with Gasteiger partial charge in [-0.2, -0.15) is 0 Å². The predicted octanol–water partition coefficient (Wildman–Crippen LogP) is 6.28. The van der Waals surface area contributed by atoms with Crippen LogP contribution < -0.4 is 0 Å². The average Bonchev–Trinajstić information content (AvgIpc) is 2.49. The first-order valence-corrected chi connectivity index (χ1v) is 7.76. The normalized spacial score (nSPS) is 10.7. The summed E-state index contributed by atoms with van der Waals surface area (Å²) in [5.41, 5.74) is 2.53. The molecule has 3 aromatic rings. The maximum absolute atomic E-state index is 14.1. The highest BCUT2D eigenvalue weighted by molar-refractivity contribution is 9.10. The van der Waals surface area contributed by atoms with E-state index in [2.05, 4.69) is 15.9 Å². The Morgan fingerprint density at radius 1 is 0.909 bits per heavy atom. The summed E-state index contributed by atoms with van der Waals surface area (Å²) < 4.78 is 14.7. The lowest BCUT2D eigenvalue weighted by Crippen LogP contribution is -1.88. The Bertz CT molecular complexity index is 811. The Kier molecular flexibility index (Phi) is 4.19. The highest BCUT2D eigenvalue weighted by Crippen LogP contribution is 2.41. The van der Waals surface area contributed by atoms with Crippen molar-refractivity contribution in [2.24, 2.45) is 0 Å². The quantitative estimate of drug-likeness (QED) is 0.557. The fourth-order valence-corrected chi connectivity index (χ4v) is 3.17. The van der Waals surface area contributed by atoms with Gasteiger partial charge in [-0.05, 0) is 57.4 Å². The van der Waals surface area contributed by atoms with E-state index in [4.69, 9.17) is 11.6 Å². The van der Waals surface area contributed by atoms with E-state index in [0.717, 1.165) is 11.1 Å². The molecule has 0 aliphatic heterocycles. The van der Waals surface area contributed by atoms with Gasteiger partial charge in [0, 0.05) is 20.6 Å². The van der Waals surface area contributed by atoms with Crippen LogP contribution in [-0.2, 0) is 0 Å². The standard InChI is InChI=1S/C18H11BrClFO/c19-15-8-12(11-4-2-1-3-5-11)9-17(22)18(15)14-7-6-13(20)10-16(14)21/h1-10,22H. The molecule has 0 bridgehead atoms. The molecule has 0 fully saturated rings. The van der Waals surface area contributed by atoms with Crippen molar-refractivity contribution in [3.63, 3.8) is 0 Å². The molecule has 4 heteroatoms. The number of hydrogen-bond donors (Lipinski definition) is 1. The van der Waals surface area contributed by atoms with Gasteiger partial charge >= 0.3 is 0 Å². The summed E-state index contributed by atoms with van der Waals surface area (Å²) in [7, 11) is 0. The molecule has 110 valence electrons. The van der Waals surface area contributed by atoms with Gasteiger partial charge in [-0.15, -0.1) is 0 Å². The Morgan fingerprint density at radius 2 is 1.64 bits per heavy atom. The van der Waals surface area contributed by atoms with Crippen LogP contribution in [0.5, 0.6) is 5.75 Å². The highest BCUT2D eigenvalue weighted by Gasteiger charge is 2.15. The zero-order valence-electron chi connectivity index (χ0n) is 11.4. The molecule has 0 amide bonds. The smallest absolute Gasteiger partial charge is 0.132 e. The van der Waals surface area contributed by atoms with E-state index in [1.807, 2.05) is 36.4 Å². The summed E-state index contributed by atoms with van der Waals surface area (Å²) in [6, 6.07) is 17.5. The van der Waals surface area contributed by atoms with Gasteiger partial charge in [-0.3, -0.25) is 0 Å². The Balaban J connectivity index is 2.15. The maximum atomic E-state index is 14.1. The zero-order valence-corrected chi connectivity index (χ0v) is 13.7. The number of rotatable bonds is 2. The predicted molar refractivity (Wildman–Crippen MR) is 91.6 cm³/mol. The van der Waals surface area contributed by atoms with Gasteiger partial charge in [-0.25, -0.2) is 4.39 Å². The second-order valence-corrected chi connectivity index (χ2v) is 6.13. The Morgan fingerprint density at radius 3 is 2.27 bits per heavy atom. The third-order valence-corrected chi connectivity index (χ3v) is 4.24. The van der Waals surface area contributed by atoms with Crippen LogP contribution in [0.4, 0.5) is 4.39 Å². The molecule has 22 heavy (non-hydrogen) atoms. The van der Waals surface area contributed by atoms with Crippen molar-refractivity contribution in [3.8, 4) is 28.0 Å². The highest BCUT2D eigenvalue weighted by atomic mass is 79.9. The van der Waals surface area contributed by atoms with E-state index in [0.29, 0.717) is 20.6 Å². The second kappa shape index (κ2) is 6.11. The van der Waals surface area contributed by atoms with Crippen molar-refractivity contribution in [2.75, 3.05) is 0 Å². The van der Waals surface area contributed by atoms with Crippen LogP contribution in [0.15, 0.2) is 65.1 Å². The molecular weight excluding hydrogens is 367 g/mol. The van der Waals surface area contributed by atoms with Gasteiger partial charge < -0.3 is 5.11 Å². The van der Waals surface area contributed by atoms with Gasteiger partial charge in [0.25, 0.3) is 0 Å². The lowest BCUT2D eigenvalue weighted by atomic mass is 9.99. The number of hydrogen-bond acceptors (Lipinski definition) is 1. The molecular formula is C18H11BrClFO. The number of halogens is 3. The van der Waals surface area contributed by atoms with Crippen LogP contribution >= 0.6 is 27.5 Å². The minimum Gasteiger partial charge on any atom is -0.507 e. The molecule has 0 aromatic heterocycles. The van der Waals surface area contributed by atoms with E-state index in [1.54, 1.807) is 18.2 Å². The summed E-state index contributed by atoms with van der Waals surface area (Å²) in [5.74, 6) is -0.467. The van der Waals surface area contributed by atoms with Gasteiger partial charge in [0.15, 0.2) is 0 Å². The summed E-state index contributed by atoms with van der Waals surface area (Å²) in [4.78, 5) is 0. The fourth-order valence-electron chi connectivity index (χ4n) is 2.35. The first-order chi connectivity index (χ1) is 10.6. The molecule has 0 radical (unpaired) electrons. The Labute approximate surface area is 141 Å². The van der Waals surface area contributed by atoms with E-state index in [-0.39, 0.29) is 5.75 Å². The molecule has 0 aliphatic rings. The van der Waals surface area contributed by atoms with Crippen molar-refractivity contribution in [3.05, 3.63) is 76.0 Å². The number of phenols is 1. The summed E-state index contributed by atoms with van der Waals surface area (Å²) in [5, 5.41) is 10.7. The minimum atomic E-state index is -0.476. The molecule has 1 nitrogen and oxygen atoms in total. The molecule has 0 unspecified atom stereocenters. The molecule has 0 atom stereocenters. The molecule has 0 saturated carbocycles. The van der Waals surface area contributed by atoms with E-state index in [9.17, 15) is 9.50 Å². The maximum Gasteiger partial charge on any atom is 0.132 e. The van der Waals surface area contributed by atoms with Crippen LogP contribution in [0.2, 0.25) is 5.02 Å². The summed E-state index contributed by atoms with van der Waals surface area (Å²) in [6.45, 7) is 0. The monoisotopic (exact) mass is 376 g/mol.